The van der Waals surface area contributed by atoms with Crippen LogP contribution in [0.5, 0.6) is 11.5 Å². The van der Waals surface area contributed by atoms with Crippen LogP contribution in [0, 0.1) is 0 Å². The van der Waals surface area contributed by atoms with E-state index in [4.69, 9.17) is 25.1 Å². The Hall–Kier alpha value is -5.29. The largest absolute Gasteiger partial charge is 0.504 e. The zero-order valence-electron chi connectivity index (χ0n) is 29.5. The average Bonchev–Trinajstić information content (AvgIpc) is 3.41. The van der Waals surface area contributed by atoms with Crippen LogP contribution >= 0.6 is 0 Å². The minimum atomic E-state index is -4.47. The number of benzene rings is 5. The first-order valence-electron chi connectivity index (χ1n) is 16.7. The van der Waals surface area contributed by atoms with E-state index in [1.807, 2.05) is 0 Å². The number of carboxylic acids is 1. The summed E-state index contributed by atoms with van der Waals surface area (Å²) in [7, 11) is -6.72. The molecule has 0 bridgehead atoms. The number of nitrogens with zero attached hydrogens (tertiary/aromatic N) is 2. The maximum atomic E-state index is 11.2. The van der Waals surface area contributed by atoms with Crippen molar-refractivity contribution in [2.24, 2.45) is 5.73 Å². The van der Waals surface area contributed by atoms with Gasteiger partial charge in [-0.25, -0.2) is 0 Å². The Balaban J connectivity index is 0.000000159. The van der Waals surface area contributed by atoms with E-state index in [1.54, 1.807) is 0 Å². The summed E-state index contributed by atoms with van der Waals surface area (Å²) in [4.78, 5) is 12.3. The highest BCUT2D eigenvalue weighted by Gasteiger charge is 2.28. The number of carbonyl (C=O) groups is 1. The molecule has 6 aromatic rings. The highest BCUT2D eigenvalue weighted by atomic mass is 32.2. The highest BCUT2D eigenvalue weighted by Crippen LogP contribution is 2.32. The van der Waals surface area contributed by atoms with Crippen LogP contribution in [0.25, 0.3) is 21.7 Å². The molecule has 1 aliphatic rings. The minimum Gasteiger partial charge on any atom is -0.504 e. The van der Waals surface area contributed by atoms with Crippen molar-refractivity contribution in [2.75, 3.05) is 13.6 Å². The van der Waals surface area contributed by atoms with Crippen LogP contribution in [0.2, 0.25) is 0 Å². The molecule has 1 atom stereocenters. The fourth-order valence-electron chi connectivity index (χ4n) is 6.36. The third-order valence-electron chi connectivity index (χ3n) is 9.03. The van der Waals surface area contributed by atoms with E-state index >= 15 is 0 Å². The van der Waals surface area contributed by atoms with Gasteiger partial charge >= 0.3 is 5.97 Å². The van der Waals surface area contributed by atoms with E-state index in [2.05, 4.69) is 71.1 Å². The predicted octanol–water partition coefficient (Wildman–Crippen LogP) is 5.45. The molecular formula is C39H41N3O10S2. The summed E-state index contributed by atoms with van der Waals surface area (Å²) < 4.78 is 65.2. The van der Waals surface area contributed by atoms with Gasteiger partial charge < -0.3 is 30.5 Å². The third-order valence-corrected chi connectivity index (χ3v) is 10.9. The van der Waals surface area contributed by atoms with Crippen molar-refractivity contribution in [3.05, 3.63) is 132 Å². The topological polar surface area (TPSA) is 221 Å². The smallest absolute Gasteiger partial charge is 0.323 e. The van der Waals surface area contributed by atoms with Crippen molar-refractivity contribution >= 4 is 47.9 Å². The number of phenols is 2. The van der Waals surface area contributed by atoms with Crippen LogP contribution in [0.4, 0.5) is 0 Å². The first-order chi connectivity index (χ1) is 25.4. The molecule has 7 rings (SSSR count). The number of aromatic nitrogens is 1. The Labute approximate surface area is 313 Å². The number of likely N-dealkylation sites (N-methyl/N-ethyl adjacent to an activating group) is 1. The molecule has 13 nitrogen and oxygen atoms in total. The lowest BCUT2D eigenvalue weighted by molar-refractivity contribution is -0.142. The second-order valence-electron chi connectivity index (χ2n) is 13.3. The summed E-state index contributed by atoms with van der Waals surface area (Å²) in [6.45, 7) is 4.58. The maximum absolute atomic E-state index is 11.2. The van der Waals surface area contributed by atoms with Gasteiger partial charge in [0, 0.05) is 59.8 Å². The lowest BCUT2D eigenvalue weighted by atomic mass is 9.94. The highest BCUT2D eigenvalue weighted by molar-refractivity contribution is 7.86. The minimum absolute atomic E-state index is 0.0233. The number of phenolic OH excluding ortho intramolecular Hbond substituents is 2. The summed E-state index contributed by atoms with van der Waals surface area (Å²) in [6.07, 6.45) is 1.23. The number of fused-ring (bicyclic) bond motifs is 4. The molecule has 0 amide bonds. The van der Waals surface area contributed by atoms with Gasteiger partial charge in [-0.2, -0.15) is 16.8 Å². The van der Waals surface area contributed by atoms with Crippen LogP contribution in [0.1, 0.15) is 29.3 Å². The predicted molar refractivity (Wildman–Crippen MR) is 205 cm³/mol. The Morgan fingerprint density at radius 2 is 1.30 bits per heavy atom. The molecular weight excluding hydrogens is 735 g/mol. The summed E-state index contributed by atoms with van der Waals surface area (Å²) in [6, 6.07) is 31.2. The molecule has 0 saturated heterocycles. The lowest BCUT2D eigenvalue weighted by Crippen LogP contribution is -2.46. The Morgan fingerprint density at radius 1 is 0.741 bits per heavy atom. The van der Waals surface area contributed by atoms with Crippen molar-refractivity contribution in [1.82, 2.24) is 9.47 Å². The molecule has 7 N–H and O–H groups in total. The lowest BCUT2D eigenvalue weighted by Gasteiger charge is -2.24. The fraction of sp³-hybridized carbons (Fsp3) is 0.205. The zero-order chi connectivity index (χ0) is 39.4. The van der Waals surface area contributed by atoms with E-state index in [0.29, 0.717) is 5.56 Å². The van der Waals surface area contributed by atoms with E-state index in [1.165, 1.54) is 77.1 Å². The van der Waals surface area contributed by atoms with Gasteiger partial charge in [0.2, 0.25) is 0 Å². The summed E-state index contributed by atoms with van der Waals surface area (Å²) in [5.41, 5.74) is 10.5. The number of para-hydroxylation sites is 1. The Morgan fingerprint density at radius 3 is 1.85 bits per heavy atom. The molecule has 0 aliphatic carbocycles. The Bertz CT molecular complexity index is 2460. The van der Waals surface area contributed by atoms with Gasteiger partial charge in [-0.15, -0.1) is 0 Å². The monoisotopic (exact) mass is 775 g/mol. The first-order valence-corrected chi connectivity index (χ1v) is 19.6. The molecule has 0 saturated carbocycles. The molecule has 0 spiro atoms. The molecule has 1 unspecified atom stereocenters. The van der Waals surface area contributed by atoms with Gasteiger partial charge in [0.1, 0.15) is 15.3 Å². The molecule has 54 heavy (non-hydrogen) atoms. The molecule has 0 radical (unpaired) electrons. The molecule has 5 aromatic carbocycles. The van der Waals surface area contributed by atoms with Crippen LogP contribution in [0.15, 0.2) is 119 Å². The van der Waals surface area contributed by atoms with E-state index in [0.717, 1.165) is 38.2 Å². The zero-order valence-corrected chi connectivity index (χ0v) is 31.1. The van der Waals surface area contributed by atoms with Crippen LogP contribution in [0.3, 0.4) is 0 Å². The van der Waals surface area contributed by atoms with E-state index in [-0.39, 0.29) is 28.7 Å². The third kappa shape index (κ3) is 9.25. The van der Waals surface area contributed by atoms with Gasteiger partial charge in [0.05, 0.1) is 0 Å². The average molecular weight is 776 g/mol. The van der Waals surface area contributed by atoms with Crippen molar-refractivity contribution in [3.63, 3.8) is 0 Å². The number of aromatic hydroxyl groups is 2. The number of aliphatic carboxylic acids is 1. The molecule has 284 valence electrons. The summed E-state index contributed by atoms with van der Waals surface area (Å²) >= 11 is 0. The van der Waals surface area contributed by atoms with Gasteiger partial charge in [-0.1, -0.05) is 78.9 Å². The van der Waals surface area contributed by atoms with Crippen molar-refractivity contribution < 1.29 is 46.1 Å². The van der Waals surface area contributed by atoms with Crippen molar-refractivity contribution in [3.8, 4) is 11.5 Å². The van der Waals surface area contributed by atoms with Gasteiger partial charge in [-0.05, 0) is 61.0 Å². The van der Waals surface area contributed by atoms with Gasteiger partial charge in [0.15, 0.2) is 11.5 Å². The SMILES string of the molecule is CC(N)(Cc1ccc(O)c(O)c1)C(=O)O.CN1CCc2c(c3ccccc3n2Cc2ccccc2)C1.O=S(=O)(O)c1cccc2c(S(=O)(=O)O)cccc12. The molecule has 0 fully saturated rings. The number of hydrogen-bond donors (Lipinski definition) is 6. The second-order valence-corrected chi connectivity index (χ2v) is 16.1. The number of hydrogen-bond acceptors (Lipinski definition) is 9. The number of carboxylic acid groups (broad SMARTS) is 1. The van der Waals surface area contributed by atoms with Crippen LogP contribution in [-0.4, -0.2) is 75.8 Å². The first kappa shape index (κ1) is 39.9. The standard InChI is InChI=1S/C19H20N2.C10H13NO4.C10H8O6S2/c1-20-12-11-19-17(14-20)16-9-5-6-10-18(16)21(19)13-15-7-3-2-4-8-15;1-10(11,9(14)15)5-6-2-3-7(12)8(13)4-6;11-17(12,13)9-5-1-3-7-8(9)4-2-6-10(7)18(14,15)16/h2-10H,11-14H2,1H3;2-4,12-13H,5,11H2,1H3,(H,14,15);1-6H,(H,11,12,13)(H,14,15,16). The van der Waals surface area contributed by atoms with Crippen LogP contribution in [-0.2, 0) is 51.0 Å². The molecule has 1 aromatic heterocycles. The quantitative estimate of drug-likeness (QED) is 0.0881. The number of nitrogens with two attached hydrogens (primary N) is 1. The summed E-state index contributed by atoms with van der Waals surface area (Å²) in [5.74, 6) is -1.64. The van der Waals surface area contributed by atoms with E-state index in [9.17, 15) is 26.7 Å². The van der Waals surface area contributed by atoms with Gasteiger partial charge in [-0.3, -0.25) is 13.9 Å². The van der Waals surface area contributed by atoms with E-state index < -0.39 is 41.5 Å². The van der Waals surface area contributed by atoms with Gasteiger partial charge in [0.25, 0.3) is 20.2 Å². The van der Waals surface area contributed by atoms with Crippen molar-refractivity contribution in [2.45, 2.75) is 48.2 Å². The van der Waals surface area contributed by atoms with Crippen LogP contribution < -0.4 is 5.73 Å². The molecule has 2 heterocycles. The fourth-order valence-corrected chi connectivity index (χ4v) is 7.78. The molecule has 1 aliphatic heterocycles. The maximum Gasteiger partial charge on any atom is 0.323 e. The van der Waals surface area contributed by atoms with Crippen molar-refractivity contribution in [1.29, 1.82) is 0 Å². The molecule has 15 heteroatoms. The number of rotatable bonds is 7. The summed E-state index contributed by atoms with van der Waals surface area (Å²) in [5, 5.41) is 28.5. The Kier molecular flexibility index (Phi) is 11.8. The normalized spacial score (nSPS) is 14.2. The second kappa shape index (κ2) is 16.0.